The number of quaternary nitrogens is 1. The molecular weight excluding hydrogens is 389 g/mol. The summed E-state index contributed by atoms with van der Waals surface area (Å²) < 4.78 is 12.4. The number of hydrogen-bond acceptors (Lipinski definition) is 2. The zero-order valence-electron chi connectivity index (χ0n) is 21.1. The SMILES string of the molecule is CCCCCCC/C=C\CCCCCCCCCCCC(CC)([P+](=O)[O-])[N+](C)(C)C. The standard InChI is InChI=1S/C26H53NO2P/c1-6-8-9-10-11-12-13-14-15-16-17-18-19-20-21-22-23-24-25-26(7-2,30(28)29)27(3,4)5/h13-14H,6-12,15-25H2,1-5H3/q+1/b14-13-. The molecule has 0 spiro atoms. The third kappa shape index (κ3) is 13.2. The predicted molar refractivity (Wildman–Crippen MR) is 132 cm³/mol. The first-order chi connectivity index (χ1) is 14.3. The Labute approximate surface area is 190 Å². The summed E-state index contributed by atoms with van der Waals surface area (Å²) in [4.78, 5) is 11.9. The molecule has 3 nitrogen and oxygen atoms in total. The van der Waals surface area contributed by atoms with Crippen LogP contribution in [-0.4, -0.2) is 30.9 Å². The first-order valence-electron chi connectivity index (χ1n) is 12.9. The molecule has 30 heavy (non-hydrogen) atoms. The van der Waals surface area contributed by atoms with E-state index in [2.05, 4.69) is 19.1 Å². The van der Waals surface area contributed by atoms with Gasteiger partial charge in [0.15, 0.2) is 0 Å². The summed E-state index contributed by atoms with van der Waals surface area (Å²) in [6.45, 7) is 4.28. The summed E-state index contributed by atoms with van der Waals surface area (Å²) in [6, 6.07) is 0. The van der Waals surface area contributed by atoms with Crippen molar-refractivity contribution in [2.75, 3.05) is 21.1 Å². The molecule has 0 aliphatic heterocycles. The highest BCUT2D eigenvalue weighted by Gasteiger charge is 2.52. The van der Waals surface area contributed by atoms with Crippen LogP contribution in [0.15, 0.2) is 12.2 Å². The van der Waals surface area contributed by atoms with Gasteiger partial charge in [0.05, 0.1) is 21.1 Å². The monoisotopic (exact) mass is 442 g/mol. The highest BCUT2D eigenvalue weighted by atomic mass is 31.1. The van der Waals surface area contributed by atoms with Crippen LogP contribution in [0.5, 0.6) is 0 Å². The van der Waals surface area contributed by atoms with E-state index >= 15 is 0 Å². The molecule has 0 bridgehead atoms. The summed E-state index contributed by atoms with van der Waals surface area (Å²) in [5.41, 5.74) is 0. The lowest BCUT2D eigenvalue weighted by molar-refractivity contribution is -0.910. The largest absolute Gasteiger partial charge is 0.590 e. The van der Waals surface area contributed by atoms with Crippen LogP contribution in [0, 0.1) is 0 Å². The molecule has 0 N–H and O–H groups in total. The van der Waals surface area contributed by atoms with E-state index in [1.807, 2.05) is 28.1 Å². The van der Waals surface area contributed by atoms with Crippen LogP contribution in [-0.2, 0) is 4.57 Å². The van der Waals surface area contributed by atoms with Gasteiger partial charge in [-0.15, -0.1) is 0 Å². The van der Waals surface area contributed by atoms with Crippen LogP contribution in [0.2, 0.25) is 0 Å². The van der Waals surface area contributed by atoms with Crippen LogP contribution in [0.25, 0.3) is 0 Å². The molecule has 0 heterocycles. The molecule has 4 heteroatoms. The van der Waals surface area contributed by atoms with E-state index in [1.54, 1.807) is 0 Å². The zero-order valence-corrected chi connectivity index (χ0v) is 22.0. The van der Waals surface area contributed by atoms with Gasteiger partial charge in [-0.1, -0.05) is 101 Å². The molecule has 0 fully saturated rings. The fraction of sp³-hybridized carbons (Fsp3) is 0.923. The zero-order chi connectivity index (χ0) is 22.7. The van der Waals surface area contributed by atoms with Crippen molar-refractivity contribution in [2.24, 2.45) is 0 Å². The van der Waals surface area contributed by atoms with Crippen molar-refractivity contribution in [1.82, 2.24) is 0 Å². The maximum absolute atomic E-state index is 11.9. The highest BCUT2D eigenvalue weighted by molar-refractivity contribution is 7.38. The van der Waals surface area contributed by atoms with Crippen LogP contribution in [0.1, 0.15) is 129 Å². The average Bonchev–Trinajstić information content (AvgIpc) is 2.68. The van der Waals surface area contributed by atoms with Crippen LogP contribution in [0.3, 0.4) is 0 Å². The molecule has 0 amide bonds. The molecule has 2 atom stereocenters. The number of nitrogens with zero attached hydrogens (tertiary/aromatic N) is 1. The lowest BCUT2D eigenvalue weighted by Gasteiger charge is -2.39. The van der Waals surface area contributed by atoms with Crippen molar-refractivity contribution in [3.05, 3.63) is 12.2 Å². The summed E-state index contributed by atoms with van der Waals surface area (Å²) in [6.07, 6.45) is 27.1. The van der Waals surface area contributed by atoms with Gasteiger partial charge < -0.3 is 4.89 Å². The third-order valence-corrected chi connectivity index (χ3v) is 8.56. The van der Waals surface area contributed by atoms with E-state index in [9.17, 15) is 9.46 Å². The van der Waals surface area contributed by atoms with Crippen molar-refractivity contribution < 1.29 is 13.9 Å². The molecule has 0 saturated carbocycles. The van der Waals surface area contributed by atoms with E-state index in [0.29, 0.717) is 10.9 Å². The lowest BCUT2D eigenvalue weighted by atomic mass is 10.0. The average molecular weight is 443 g/mol. The van der Waals surface area contributed by atoms with E-state index in [-0.39, 0.29) is 0 Å². The highest BCUT2D eigenvalue weighted by Crippen LogP contribution is 2.44. The Morgan fingerprint density at radius 1 is 0.700 bits per heavy atom. The van der Waals surface area contributed by atoms with Crippen molar-refractivity contribution in [3.8, 4) is 0 Å². The van der Waals surface area contributed by atoms with Gasteiger partial charge in [0.25, 0.3) is 5.28 Å². The molecular formula is C26H53NO2P+. The van der Waals surface area contributed by atoms with Gasteiger partial charge in [-0.25, -0.2) is 0 Å². The maximum Gasteiger partial charge on any atom is 0.376 e. The van der Waals surface area contributed by atoms with Crippen LogP contribution < -0.4 is 4.89 Å². The molecule has 0 aromatic rings. The summed E-state index contributed by atoms with van der Waals surface area (Å²) in [5, 5.41) is -0.598. The Hall–Kier alpha value is -0.240. The first-order valence-corrected chi connectivity index (χ1v) is 14.1. The fourth-order valence-corrected chi connectivity index (χ4v) is 5.55. The molecule has 0 aromatic carbocycles. The van der Waals surface area contributed by atoms with Crippen molar-refractivity contribution in [1.29, 1.82) is 0 Å². The number of unbranched alkanes of at least 4 members (excludes halogenated alkanes) is 14. The number of allylic oxidation sites excluding steroid dienone is 2. The van der Waals surface area contributed by atoms with Gasteiger partial charge in [0.2, 0.25) is 0 Å². The fourth-order valence-electron chi connectivity index (χ4n) is 4.46. The second kappa shape index (κ2) is 18.3. The molecule has 0 aromatic heterocycles. The van der Waals surface area contributed by atoms with Crippen molar-refractivity contribution in [3.63, 3.8) is 0 Å². The van der Waals surface area contributed by atoms with Gasteiger partial charge >= 0.3 is 8.03 Å². The maximum atomic E-state index is 11.9. The molecule has 2 unspecified atom stereocenters. The second-order valence-corrected chi connectivity index (χ2v) is 11.3. The van der Waals surface area contributed by atoms with Crippen LogP contribution in [0.4, 0.5) is 0 Å². The van der Waals surface area contributed by atoms with E-state index in [4.69, 9.17) is 0 Å². The summed E-state index contributed by atoms with van der Waals surface area (Å²) in [5.74, 6) is 0. The minimum atomic E-state index is -2.41. The normalized spacial score (nSPS) is 14.9. The Morgan fingerprint density at radius 2 is 1.10 bits per heavy atom. The van der Waals surface area contributed by atoms with E-state index in [1.165, 1.54) is 89.9 Å². The van der Waals surface area contributed by atoms with Gasteiger partial charge in [-0.05, 0) is 32.1 Å². The smallest absolute Gasteiger partial charge is 0.376 e. The van der Waals surface area contributed by atoms with Gasteiger partial charge in [0, 0.05) is 12.8 Å². The lowest BCUT2D eigenvalue weighted by Crippen LogP contribution is -2.55. The van der Waals surface area contributed by atoms with Gasteiger partial charge in [-0.2, -0.15) is 0 Å². The van der Waals surface area contributed by atoms with E-state index < -0.39 is 13.3 Å². The molecule has 0 saturated heterocycles. The van der Waals surface area contributed by atoms with Crippen LogP contribution >= 0.6 is 8.03 Å². The predicted octanol–water partition coefficient (Wildman–Crippen LogP) is 8.11. The Morgan fingerprint density at radius 3 is 1.47 bits per heavy atom. The number of hydrogen-bond donors (Lipinski definition) is 0. The van der Waals surface area contributed by atoms with Gasteiger partial charge in [-0.3, -0.25) is 4.48 Å². The van der Waals surface area contributed by atoms with E-state index in [0.717, 1.165) is 19.3 Å². The summed E-state index contributed by atoms with van der Waals surface area (Å²) >= 11 is 0. The Balaban J connectivity index is 3.57. The topological polar surface area (TPSA) is 40.1 Å². The van der Waals surface area contributed by atoms with Crippen molar-refractivity contribution in [2.45, 2.75) is 135 Å². The molecule has 0 radical (unpaired) electrons. The second-order valence-electron chi connectivity index (χ2n) is 10.0. The quantitative estimate of drug-likeness (QED) is 0.0779. The first kappa shape index (κ1) is 29.8. The Kier molecular flexibility index (Phi) is 18.2. The van der Waals surface area contributed by atoms with Gasteiger partial charge in [0.1, 0.15) is 0 Å². The molecule has 0 aliphatic rings. The molecule has 0 aliphatic carbocycles. The molecule has 178 valence electrons. The third-order valence-electron chi connectivity index (χ3n) is 6.74. The minimum Gasteiger partial charge on any atom is -0.590 e. The minimum absolute atomic E-state index is 0.510. The van der Waals surface area contributed by atoms with Crippen molar-refractivity contribution >= 4 is 8.03 Å². The Bertz CT molecular complexity index is 445. The summed E-state index contributed by atoms with van der Waals surface area (Å²) in [7, 11) is 3.62. The molecule has 0 rings (SSSR count). The number of rotatable bonds is 21.